The van der Waals surface area contributed by atoms with Gasteiger partial charge in [-0.25, -0.2) is 9.48 Å². The zero-order chi connectivity index (χ0) is 21.8. The van der Waals surface area contributed by atoms with Crippen LogP contribution in [0.4, 0.5) is 0 Å². The molecular formula is C22H19ClN4O4. The van der Waals surface area contributed by atoms with Gasteiger partial charge in [0.1, 0.15) is 16.5 Å². The molecule has 31 heavy (non-hydrogen) atoms. The third-order valence-corrected chi connectivity index (χ3v) is 4.97. The van der Waals surface area contributed by atoms with Gasteiger partial charge in [0.05, 0.1) is 19.3 Å². The van der Waals surface area contributed by atoms with E-state index in [4.69, 9.17) is 25.6 Å². The van der Waals surface area contributed by atoms with Crippen molar-refractivity contribution in [3.63, 3.8) is 0 Å². The first kappa shape index (κ1) is 20.6. The van der Waals surface area contributed by atoms with Crippen LogP contribution in [0, 0.1) is 6.92 Å². The third kappa shape index (κ3) is 4.59. The van der Waals surface area contributed by atoms with Gasteiger partial charge in [-0.15, -0.1) is 0 Å². The molecule has 0 saturated carbocycles. The maximum atomic E-state index is 12.6. The lowest BCUT2D eigenvalue weighted by atomic mass is 10.2. The Morgan fingerprint density at radius 3 is 2.58 bits per heavy atom. The lowest BCUT2D eigenvalue weighted by molar-refractivity contribution is 0.0429. The van der Waals surface area contributed by atoms with Gasteiger partial charge in [0.25, 0.3) is 5.89 Å². The van der Waals surface area contributed by atoms with Crippen LogP contribution in [0.5, 0.6) is 5.75 Å². The van der Waals surface area contributed by atoms with E-state index < -0.39 is 5.97 Å². The van der Waals surface area contributed by atoms with Crippen LogP contribution in [-0.2, 0) is 17.9 Å². The first-order chi connectivity index (χ1) is 15.0. The minimum atomic E-state index is -0.606. The van der Waals surface area contributed by atoms with Crippen LogP contribution in [0.1, 0.15) is 27.5 Å². The summed E-state index contributed by atoms with van der Waals surface area (Å²) in [6, 6.07) is 16.9. The highest BCUT2D eigenvalue weighted by molar-refractivity contribution is 6.32. The second kappa shape index (κ2) is 9.01. The maximum Gasteiger partial charge on any atom is 0.343 e. The summed E-state index contributed by atoms with van der Waals surface area (Å²) in [6.45, 7) is 1.97. The van der Waals surface area contributed by atoms with Crippen molar-refractivity contribution in [1.29, 1.82) is 0 Å². The number of methoxy groups -OCH3 is 1. The average Bonchev–Trinajstić information content (AvgIpc) is 3.37. The van der Waals surface area contributed by atoms with Crippen LogP contribution in [-0.4, -0.2) is 33.0 Å². The fraction of sp³-hybridized carbons (Fsp3) is 0.182. The Kier molecular flexibility index (Phi) is 5.99. The van der Waals surface area contributed by atoms with E-state index in [-0.39, 0.29) is 23.2 Å². The average molecular weight is 439 g/mol. The van der Waals surface area contributed by atoms with Crippen LogP contribution in [0.2, 0.25) is 5.15 Å². The quantitative estimate of drug-likeness (QED) is 0.397. The molecule has 158 valence electrons. The summed E-state index contributed by atoms with van der Waals surface area (Å²) in [7, 11) is 1.59. The van der Waals surface area contributed by atoms with Gasteiger partial charge >= 0.3 is 5.97 Å². The number of esters is 1. The van der Waals surface area contributed by atoms with Gasteiger partial charge in [-0.1, -0.05) is 47.1 Å². The van der Waals surface area contributed by atoms with Gasteiger partial charge in [-0.2, -0.15) is 10.1 Å². The van der Waals surface area contributed by atoms with E-state index in [1.165, 1.54) is 0 Å². The number of benzene rings is 2. The van der Waals surface area contributed by atoms with Crippen molar-refractivity contribution in [2.24, 2.45) is 0 Å². The fourth-order valence-electron chi connectivity index (χ4n) is 3.02. The van der Waals surface area contributed by atoms with Gasteiger partial charge < -0.3 is 14.0 Å². The Morgan fingerprint density at radius 1 is 1.13 bits per heavy atom. The molecule has 0 atom stereocenters. The van der Waals surface area contributed by atoms with Gasteiger partial charge in [0.15, 0.2) is 6.61 Å². The molecule has 0 aliphatic rings. The second-order valence-electron chi connectivity index (χ2n) is 6.71. The smallest absolute Gasteiger partial charge is 0.343 e. The monoisotopic (exact) mass is 438 g/mol. The first-order valence-corrected chi connectivity index (χ1v) is 9.84. The maximum absolute atomic E-state index is 12.6. The molecule has 8 nitrogen and oxygen atoms in total. The Hall–Kier alpha value is -3.65. The number of rotatable bonds is 7. The lowest BCUT2D eigenvalue weighted by Gasteiger charge is -2.04. The topological polar surface area (TPSA) is 92.3 Å². The molecule has 0 spiro atoms. The highest BCUT2D eigenvalue weighted by Gasteiger charge is 2.22. The highest BCUT2D eigenvalue weighted by Crippen LogP contribution is 2.23. The van der Waals surface area contributed by atoms with E-state index in [9.17, 15) is 4.79 Å². The van der Waals surface area contributed by atoms with E-state index in [1.54, 1.807) is 30.8 Å². The van der Waals surface area contributed by atoms with Crippen molar-refractivity contribution in [3.8, 4) is 17.1 Å². The van der Waals surface area contributed by atoms with Gasteiger partial charge in [0.2, 0.25) is 5.82 Å². The van der Waals surface area contributed by atoms with Crippen LogP contribution >= 0.6 is 11.6 Å². The minimum Gasteiger partial charge on any atom is -0.497 e. The molecule has 0 saturated heterocycles. The number of ether oxygens (including phenoxy) is 2. The molecule has 4 rings (SSSR count). The van der Waals surface area contributed by atoms with Crippen molar-refractivity contribution in [1.82, 2.24) is 19.9 Å². The molecule has 0 unspecified atom stereocenters. The summed E-state index contributed by atoms with van der Waals surface area (Å²) < 4.78 is 17.2. The van der Waals surface area contributed by atoms with E-state index in [0.29, 0.717) is 18.1 Å². The van der Waals surface area contributed by atoms with Gasteiger partial charge in [-0.3, -0.25) is 0 Å². The summed E-state index contributed by atoms with van der Waals surface area (Å²) in [6.07, 6.45) is 0. The summed E-state index contributed by atoms with van der Waals surface area (Å²) in [5, 5.41) is 8.50. The number of aromatic nitrogens is 4. The molecule has 9 heteroatoms. The van der Waals surface area contributed by atoms with Crippen LogP contribution in [0.15, 0.2) is 59.1 Å². The third-order valence-electron chi connectivity index (χ3n) is 4.59. The zero-order valence-electron chi connectivity index (χ0n) is 16.9. The van der Waals surface area contributed by atoms with E-state index in [0.717, 1.165) is 16.9 Å². The van der Waals surface area contributed by atoms with E-state index in [2.05, 4.69) is 15.2 Å². The van der Waals surface area contributed by atoms with Gasteiger partial charge in [-0.05, 0) is 36.8 Å². The summed E-state index contributed by atoms with van der Waals surface area (Å²) in [4.78, 5) is 16.9. The molecule has 0 aliphatic heterocycles. The number of hydrogen-bond donors (Lipinski definition) is 0. The van der Waals surface area contributed by atoms with E-state index >= 15 is 0 Å². The van der Waals surface area contributed by atoms with E-state index in [1.807, 2.05) is 42.5 Å². The first-order valence-electron chi connectivity index (χ1n) is 9.46. The highest BCUT2D eigenvalue weighted by atomic mass is 35.5. The van der Waals surface area contributed by atoms with Crippen molar-refractivity contribution >= 4 is 17.6 Å². The molecule has 4 aromatic rings. The zero-order valence-corrected chi connectivity index (χ0v) is 17.7. The summed E-state index contributed by atoms with van der Waals surface area (Å²) in [5.41, 5.74) is 2.47. The molecule has 2 aromatic carbocycles. The normalized spacial score (nSPS) is 10.8. The number of carbonyl (C=O) groups is 1. The SMILES string of the molecule is COc1ccc(-c2noc(COC(=O)c3c(C)nn(Cc4ccccc4)c3Cl)n2)cc1. The summed E-state index contributed by atoms with van der Waals surface area (Å²) in [5.74, 6) is 0.677. The molecule has 0 fully saturated rings. The predicted molar refractivity (Wildman–Crippen MR) is 113 cm³/mol. The van der Waals surface area contributed by atoms with Gasteiger partial charge in [0, 0.05) is 5.56 Å². The van der Waals surface area contributed by atoms with Crippen molar-refractivity contribution < 1.29 is 18.8 Å². The largest absolute Gasteiger partial charge is 0.497 e. The predicted octanol–water partition coefficient (Wildman–Crippen LogP) is 4.31. The number of aryl methyl sites for hydroxylation is 1. The molecule has 2 heterocycles. The molecule has 2 aromatic heterocycles. The molecule has 0 radical (unpaired) electrons. The standard InChI is InChI=1S/C22H19ClN4O4/c1-14-19(20(23)27(25-14)12-15-6-4-3-5-7-15)22(28)30-13-18-24-21(26-31-18)16-8-10-17(29-2)11-9-16/h3-11H,12-13H2,1-2H3. The Morgan fingerprint density at radius 2 is 1.87 bits per heavy atom. The number of carbonyl (C=O) groups excluding carboxylic acids is 1. The Balaban J connectivity index is 1.43. The number of nitrogens with zero attached hydrogens (tertiary/aromatic N) is 4. The fourth-order valence-corrected chi connectivity index (χ4v) is 3.33. The molecule has 0 aliphatic carbocycles. The Labute approximate surface area is 183 Å². The lowest BCUT2D eigenvalue weighted by Crippen LogP contribution is -2.07. The molecule has 0 amide bonds. The molecule has 0 bridgehead atoms. The minimum absolute atomic E-state index is 0.171. The number of halogens is 1. The molecular weight excluding hydrogens is 420 g/mol. The van der Waals surface area contributed by atoms with Crippen molar-refractivity contribution in [2.45, 2.75) is 20.1 Å². The summed E-state index contributed by atoms with van der Waals surface area (Å²) >= 11 is 6.40. The molecule has 0 N–H and O–H groups in total. The van der Waals surface area contributed by atoms with Crippen LogP contribution in [0.3, 0.4) is 0 Å². The second-order valence-corrected chi connectivity index (χ2v) is 7.07. The Bertz CT molecular complexity index is 1190. The van der Waals surface area contributed by atoms with Crippen LogP contribution < -0.4 is 4.74 Å². The van der Waals surface area contributed by atoms with Crippen molar-refractivity contribution in [3.05, 3.63) is 82.5 Å². The number of hydrogen-bond acceptors (Lipinski definition) is 7. The van der Waals surface area contributed by atoms with Crippen molar-refractivity contribution in [2.75, 3.05) is 7.11 Å². The van der Waals surface area contributed by atoms with Crippen LogP contribution in [0.25, 0.3) is 11.4 Å².